The number of hydrogen-bond donors (Lipinski definition) is 2. The number of carbonyl (C=O) groups excluding carboxylic acids is 1. The summed E-state index contributed by atoms with van der Waals surface area (Å²) in [7, 11) is 0. The molecule has 0 heterocycles. The Kier molecular flexibility index (Phi) is 5.05. The molecule has 1 unspecified atom stereocenters. The predicted molar refractivity (Wildman–Crippen MR) is 57.4 cm³/mol. The van der Waals surface area contributed by atoms with Crippen molar-refractivity contribution in [2.24, 2.45) is 11.8 Å². The van der Waals surface area contributed by atoms with Gasteiger partial charge in [0.15, 0.2) is 0 Å². The van der Waals surface area contributed by atoms with E-state index in [0.717, 1.165) is 12.8 Å². The third-order valence-corrected chi connectivity index (χ3v) is 2.22. The largest absolute Gasteiger partial charge is 0.389 e. The molecule has 0 radical (unpaired) electrons. The van der Waals surface area contributed by atoms with E-state index in [0.29, 0.717) is 25.7 Å². The van der Waals surface area contributed by atoms with Crippen LogP contribution in [0, 0.1) is 11.8 Å². The number of carbonyl (C=O) groups is 1. The Morgan fingerprint density at radius 2 is 2.13 bits per heavy atom. The first kappa shape index (κ1) is 12.5. The van der Waals surface area contributed by atoms with Crippen LogP contribution in [0.25, 0.3) is 0 Å². The summed E-state index contributed by atoms with van der Waals surface area (Å²) in [6, 6.07) is 0. The average molecular weight is 215 g/mol. The lowest BCUT2D eigenvalue weighted by molar-refractivity contribution is -0.122. The lowest BCUT2D eigenvalue weighted by Crippen LogP contribution is -2.35. The van der Waals surface area contributed by atoms with Gasteiger partial charge in [-0.3, -0.25) is 4.79 Å². The summed E-state index contributed by atoms with van der Waals surface area (Å²) in [6.45, 7) is 5.35. The van der Waals surface area contributed by atoms with Crippen molar-refractivity contribution in [2.45, 2.75) is 32.8 Å². The molecule has 0 saturated heterocycles. The van der Waals surface area contributed by atoms with Gasteiger partial charge in [0.1, 0.15) is 0 Å². The highest BCUT2D eigenvalue weighted by Crippen LogP contribution is 2.28. The van der Waals surface area contributed by atoms with Crippen molar-refractivity contribution < 1.29 is 14.6 Å². The van der Waals surface area contributed by atoms with E-state index in [-0.39, 0.29) is 11.8 Å². The fourth-order valence-corrected chi connectivity index (χ4v) is 1.21. The van der Waals surface area contributed by atoms with E-state index < -0.39 is 6.10 Å². The Balaban J connectivity index is 1.97. The van der Waals surface area contributed by atoms with Gasteiger partial charge in [0, 0.05) is 19.1 Å². The summed E-state index contributed by atoms with van der Waals surface area (Å²) in [6.07, 6.45) is 1.39. The highest BCUT2D eigenvalue weighted by Gasteiger charge is 2.29. The molecule has 1 amide bonds. The second kappa shape index (κ2) is 6.08. The van der Waals surface area contributed by atoms with Crippen molar-refractivity contribution >= 4 is 5.91 Å². The van der Waals surface area contributed by atoms with Gasteiger partial charge in [-0.1, -0.05) is 13.8 Å². The zero-order chi connectivity index (χ0) is 11.3. The molecule has 1 rings (SSSR count). The summed E-state index contributed by atoms with van der Waals surface area (Å²) in [5.41, 5.74) is 0. The third kappa shape index (κ3) is 5.74. The molecule has 88 valence electrons. The van der Waals surface area contributed by atoms with Gasteiger partial charge < -0.3 is 15.2 Å². The molecule has 0 aromatic heterocycles. The van der Waals surface area contributed by atoms with Gasteiger partial charge in [0.05, 0.1) is 12.7 Å². The molecule has 0 aliphatic heterocycles. The normalized spacial score (nSPS) is 17.9. The molecule has 0 spiro atoms. The van der Waals surface area contributed by atoms with Crippen molar-refractivity contribution in [3.05, 3.63) is 0 Å². The highest BCUT2D eigenvalue weighted by molar-refractivity contribution is 5.80. The first-order valence-electron chi connectivity index (χ1n) is 5.63. The van der Waals surface area contributed by atoms with Gasteiger partial charge in [0.2, 0.25) is 5.91 Å². The van der Waals surface area contributed by atoms with Crippen molar-refractivity contribution in [2.75, 3.05) is 19.8 Å². The van der Waals surface area contributed by atoms with Crippen LogP contribution in [-0.4, -0.2) is 36.9 Å². The van der Waals surface area contributed by atoms with Crippen molar-refractivity contribution in [1.82, 2.24) is 5.32 Å². The van der Waals surface area contributed by atoms with Gasteiger partial charge in [-0.2, -0.15) is 0 Å². The van der Waals surface area contributed by atoms with Crippen LogP contribution in [0.3, 0.4) is 0 Å². The second-order valence-electron chi connectivity index (χ2n) is 4.60. The van der Waals surface area contributed by atoms with E-state index >= 15 is 0 Å². The molecule has 1 aliphatic rings. The fraction of sp³-hybridized carbons (Fsp3) is 0.909. The molecule has 1 fully saturated rings. The SMILES string of the molecule is CC(C)COCC(O)CNC(=O)C1CC1. The zero-order valence-electron chi connectivity index (χ0n) is 9.53. The number of nitrogens with one attached hydrogen (secondary N) is 1. The Morgan fingerprint density at radius 3 is 2.67 bits per heavy atom. The highest BCUT2D eigenvalue weighted by atomic mass is 16.5. The van der Waals surface area contributed by atoms with Crippen molar-refractivity contribution in [1.29, 1.82) is 0 Å². The maximum Gasteiger partial charge on any atom is 0.223 e. The Bertz CT molecular complexity index is 202. The first-order valence-corrected chi connectivity index (χ1v) is 5.63. The standard InChI is InChI=1S/C11H21NO3/c1-8(2)6-15-7-10(13)5-12-11(14)9-3-4-9/h8-10,13H,3-7H2,1-2H3,(H,12,14). The number of ether oxygens (including phenoxy) is 1. The quantitative estimate of drug-likeness (QED) is 0.652. The molecule has 0 bridgehead atoms. The Morgan fingerprint density at radius 1 is 1.47 bits per heavy atom. The molecule has 4 heteroatoms. The van der Waals surface area contributed by atoms with Gasteiger partial charge >= 0.3 is 0 Å². The molecule has 4 nitrogen and oxygen atoms in total. The summed E-state index contributed by atoms with van der Waals surface area (Å²) in [5, 5.41) is 12.2. The second-order valence-corrected chi connectivity index (χ2v) is 4.60. The molecular weight excluding hydrogens is 194 g/mol. The number of hydrogen-bond acceptors (Lipinski definition) is 3. The van der Waals surface area contributed by atoms with Gasteiger partial charge in [-0.25, -0.2) is 0 Å². The molecular formula is C11H21NO3. The summed E-state index contributed by atoms with van der Waals surface area (Å²) in [4.78, 5) is 11.2. The van der Waals surface area contributed by atoms with E-state index in [4.69, 9.17) is 4.74 Å². The van der Waals surface area contributed by atoms with Crippen LogP contribution in [0.5, 0.6) is 0 Å². The number of amides is 1. The van der Waals surface area contributed by atoms with Crippen LogP contribution < -0.4 is 5.32 Å². The van der Waals surface area contributed by atoms with E-state index in [2.05, 4.69) is 19.2 Å². The molecule has 1 aliphatic carbocycles. The van der Waals surface area contributed by atoms with E-state index in [9.17, 15) is 9.90 Å². The minimum Gasteiger partial charge on any atom is -0.389 e. The third-order valence-electron chi connectivity index (χ3n) is 2.22. The minimum atomic E-state index is -0.591. The van der Waals surface area contributed by atoms with Crippen LogP contribution >= 0.6 is 0 Å². The molecule has 0 aromatic carbocycles. The Hall–Kier alpha value is -0.610. The fourth-order valence-electron chi connectivity index (χ4n) is 1.21. The first-order chi connectivity index (χ1) is 7.09. The van der Waals surface area contributed by atoms with Gasteiger partial charge in [-0.05, 0) is 18.8 Å². The van der Waals surface area contributed by atoms with E-state index in [1.807, 2.05) is 0 Å². The lowest BCUT2D eigenvalue weighted by atomic mass is 10.2. The van der Waals surface area contributed by atoms with Gasteiger partial charge in [0.25, 0.3) is 0 Å². The van der Waals surface area contributed by atoms with E-state index in [1.165, 1.54) is 0 Å². The van der Waals surface area contributed by atoms with Crippen molar-refractivity contribution in [3.63, 3.8) is 0 Å². The topological polar surface area (TPSA) is 58.6 Å². The number of aliphatic hydroxyl groups excluding tert-OH is 1. The summed E-state index contributed by atoms with van der Waals surface area (Å²) < 4.78 is 5.26. The Labute approximate surface area is 91.0 Å². The number of rotatable bonds is 7. The average Bonchev–Trinajstić information content (AvgIpc) is 2.96. The lowest BCUT2D eigenvalue weighted by Gasteiger charge is -2.13. The molecule has 0 aromatic rings. The summed E-state index contributed by atoms with van der Waals surface area (Å²) in [5.74, 6) is 0.741. The molecule has 1 saturated carbocycles. The van der Waals surface area contributed by atoms with Crippen molar-refractivity contribution in [3.8, 4) is 0 Å². The van der Waals surface area contributed by atoms with Crippen LogP contribution in [-0.2, 0) is 9.53 Å². The van der Waals surface area contributed by atoms with Gasteiger partial charge in [-0.15, -0.1) is 0 Å². The van der Waals surface area contributed by atoms with Crippen LogP contribution in [0.1, 0.15) is 26.7 Å². The maximum atomic E-state index is 11.2. The molecule has 2 N–H and O–H groups in total. The van der Waals surface area contributed by atoms with Crippen LogP contribution in [0.4, 0.5) is 0 Å². The minimum absolute atomic E-state index is 0.0675. The van der Waals surface area contributed by atoms with E-state index in [1.54, 1.807) is 0 Å². The zero-order valence-corrected chi connectivity index (χ0v) is 9.53. The number of aliphatic hydroxyl groups is 1. The predicted octanol–water partition coefficient (Wildman–Crippen LogP) is 0.546. The van der Waals surface area contributed by atoms with Crippen LogP contribution in [0.15, 0.2) is 0 Å². The monoisotopic (exact) mass is 215 g/mol. The smallest absolute Gasteiger partial charge is 0.223 e. The maximum absolute atomic E-state index is 11.2. The molecule has 15 heavy (non-hydrogen) atoms. The molecule has 1 atom stereocenters. The summed E-state index contributed by atoms with van der Waals surface area (Å²) >= 11 is 0. The van der Waals surface area contributed by atoms with Crippen LogP contribution in [0.2, 0.25) is 0 Å².